The first-order valence-electron chi connectivity index (χ1n) is 4.77. The lowest BCUT2D eigenvalue weighted by Gasteiger charge is -2.03. The second kappa shape index (κ2) is 5.13. The van der Waals surface area contributed by atoms with Gasteiger partial charge in [-0.2, -0.15) is 5.26 Å². The predicted molar refractivity (Wildman–Crippen MR) is 72.9 cm³/mol. The maximum absolute atomic E-state index is 9.19. The Morgan fingerprint density at radius 2 is 2.29 bits per heavy atom. The highest BCUT2D eigenvalue weighted by atomic mass is 79.9. The lowest BCUT2D eigenvalue weighted by atomic mass is 10.0. The normalized spacial score (nSPS) is 11.8. The first-order chi connectivity index (χ1) is 8.22. The molecular formula is C12H8BrN3S. The second-order valence-corrected chi connectivity index (χ2v) is 5.57. The quantitative estimate of drug-likeness (QED) is 0.866. The maximum atomic E-state index is 9.19. The molecule has 5 heteroatoms. The monoisotopic (exact) mass is 305 g/mol. The van der Waals surface area contributed by atoms with E-state index in [1.807, 2.05) is 17.5 Å². The Balaban J connectivity index is 2.52. The molecule has 84 valence electrons. The van der Waals surface area contributed by atoms with E-state index in [9.17, 15) is 5.26 Å². The van der Waals surface area contributed by atoms with Crippen LogP contribution in [0.2, 0.25) is 0 Å². The molecule has 2 aromatic heterocycles. The van der Waals surface area contributed by atoms with Crippen LogP contribution >= 0.6 is 27.3 Å². The number of aromatic nitrogens is 1. The second-order valence-electron chi connectivity index (χ2n) is 3.28. The fourth-order valence-corrected chi connectivity index (χ4v) is 2.54. The number of nitriles is 1. The SMILES string of the molecule is N#C/C(=C(/N)c1csc(Br)c1)c1cccnc1. The van der Waals surface area contributed by atoms with Gasteiger partial charge in [0, 0.05) is 28.9 Å². The molecule has 0 saturated carbocycles. The van der Waals surface area contributed by atoms with Gasteiger partial charge in [0.1, 0.15) is 6.07 Å². The predicted octanol–water partition coefficient (Wildman–Crippen LogP) is 3.26. The van der Waals surface area contributed by atoms with Crippen LogP contribution in [0.5, 0.6) is 0 Å². The summed E-state index contributed by atoms with van der Waals surface area (Å²) in [5.74, 6) is 0. The molecule has 0 fully saturated rings. The van der Waals surface area contributed by atoms with Crippen LogP contribution in [0, 0.1) is 11.3 Å². The summed E-state index contributed by atoms with van der Waals surface area (Å²) in [4.78, 5) is 3.99. The van der Waals surface area contributed by atoms with Crippen molar-refractivity contribution in [1.29, 1.82) is 5.26 Å². The minimum absolute atomic E-state index is 0.448. The number of hydrogen-bond acceptors (Lipinski definition) is 4. The van der Waals surface area contributed by atoms with E-state index < -0.39 is 0 Å². The molecule has 0 atom stereocenters. The average molecular weight is 306 g/mol. The van der Waals surface area contributed by atoms with Gasteiger partial charge in [-0.05, 0) is 28.1 Å². The van der Waals surface area contributed by atoms with E-state index in [1.165, 1.54) is 11.3 Å². The van der Waals surface area contributed by atoms with Gasteiger partial charge in [0.15, 0.2) is 0 Å². The van der Waals surface area contributed by atoms with Crippen molar-refractivity contribution < 1.29 is 0 Å². The molecule has 0 aromatic carbocycles. The third-order valence-corrected chi connectivity index (χ3v) is 3.71. The Hall–Kier alpha value is -1.64. The van der Waals surface area contributed by atoms with Crippen molar-refractivity contribution in [2.24, 2.45) is 5.73 Å². The van der Waals surface area contributed by atoms with Gasteiger partial charge in [0.2, 0.25) is 0 Å². The molecule has 0 radical (unpaired) electrons. The number of rotatable bonds is 2. The molecule has 2 rings (SSSR count). The van der Waals surface area contributed by atoms with Crippen LogP contribution in [0.25, 0.3) is 11.3 Å². The summed E-state index contributed by atoms with van der Waals surface area (Å²) in [5.41, 5.74) is 8.51. The third-order valence-electron chi connectivity index (χ3n) is 2.21. The minimum Gasteiger partial charge on any atom is -0.397 e. The molecule has 3 nitrogen and oxygen atoms in total. The van der Waals surface area contributed by atoms with Crippen molar-refractivity contribution in [3.8, 4) is 6.07 Å². The minimum atomic E-state index is 0.448. The molecule has 2 N–H and O–H groups in total. The van der Waals surface area contributed by atoms with Gasteiger partial charge in [-0.1, -0.05) is 6.07 Å². The largest absolute Gasteiger partial charge is 0.397 e. The molecule has 17 heavy (non-hydrogen) atoms. The van der Waals surface area contributed by atoms with Crippen molar-refractivity contribution in [2.45, 2.75) is 0 Å². The maximum Gasteiger partial charge on any atom is 0.102 e. The summed E-state index contributed by atoms with van der Waals surface area (Å²) in [6.07, 6.45) is 3.29. The molecule has 0 aliphatic carbocycles. The summed E-state index contributed by atoms with van der Waals surface area (Å²) in [5, 5.41) is 11.1. The number of halogens is 1. The van der Waals surface area contributed by atoms with Crippen LogP contribution in [0.4, 0.5) is 0 Å². The number of allylic oxidation sites excluding steroid dienone is 1. The van der Waals surface area contributed by atoms with Gasteiger partial charge in [-0.25, -0.2) is 0 Å². The Morgan fingerprint density at radius 3 is 2.82 bits per heavy atom. The zero-order valence-corrected chi connectivity index (χ0v) is 11.1. The van der Waals surface area contributed by atoms with Crippen LogP contribution in [0.3, 0.4) is 0 Å². The lowest BCUT2D eigenvalue weighted by molar-refractivity contribution is 1.31. The van der Waals surface area contributed by atoms with E-state index in [2.05, 4.69) is 27.0 Å². The van der Waals surface area contributed by atoms with Crippen molar-refractivity contribution in [3.05, 3.63) is 50.9 Å². The lowest BCUT2D eigenvalue weighted by Crippen LogP contribution is -1.99. The van der Waals surface area contributed by atoms with E-state index >= 15 is 0 Å². The van der Waals surface area contributed by atoms with E-state index in [-0.39, 0.29) is 0 Å². The number of pyridine rings is 1. The van der Waals surface area contributed by atoms with Gasteiger partial charge >= 0.3 is 0 Å². The van der Waals surface area contributed by atoms with Gasteiger partial charge < -0.3 is 5.73 Å². The summed E-state index contributed by atoms with van der Waals surface area (Å²) in [6, 6.07) is 7.63. The molecule has 0 unspecified atom stereocenters. The Bertz CT molecular complexity index is 596. The van der Waals surface area contributed by atoms with Crippen LogP contribution in [-0.4, -0.2) is 4.98 Å². The van der Waals surface area contributed by atoms with E-state index in [0.717, 1.165) is 14.9 Å². The highest BCUT2D eigenvalue weighted by Crippen LogP contribution is 2.27. The summed E-state index contributed by atoms with van der Waals surface area (Å²) >= 11 is 4.91. The molecule has 0 saturated heterocycles. The molecule has 0 bridgehead atoms. The van der Waals surface area contributed by atoms with Gasteiger partial charge in [-0.3, -0.25) is 4.98 Å². The van der Waals surface area contributed by atoms with E-state index in [4.69, 9.17) is 5.73 Å². The molecule has 0 aliphatic heterocycles. The van der Waals surface area contributed by atoms with E-state index in [0.29, 0.717) is 11.3 Å². The van der Waals surface area contributed by atoms with Crippen molar-refractivity contribution in [1.82, 2.24) is 4.98 Å². The first-order valence-corrected chi connectivity index (χ1v) is 6.44. The third kappa shape index (κ3) is 2.54. The molecular weight excluding hydrogens is 298 g/mol. The van der Waals surface area contributed by atoms with Gasteiger partial charge in [0.05, 0.1) is 15.1 Å². The fraction of sp³-hybridized carbons (Fsp3) is 0. The van der Waals surface area contributed by atoms with Crippen molar-refractivity contribution in [2.75, 3.05) is 0 Å². The van der Waals surface area contributed by atoms with Gasteiger partial charge in [-0.15, -0.1) is 11.3 Å². The number of nitrogens with two attached hydrogens (primary N) is 1. The van der Waals surface area contributed by atoms with Crippen LogP contribution in [-0.2, 0) is 0 Å². The summed E-state index contributed by atoms with van der Waals surface area (Å²) in [6.45, 7) is 0. The Morgan fingerprint density at radius 1 is 1.47 bits per heavy atom. The highest BCUT2D eigenvalue weighted by molar-refractivity contribution is 9.11. The summed E-state index contributed by atoms with van der Waals surface area (Å²) < 4.78 is 0.985. The van der Waals surface area contributed by atoms with Crippen LogP contribution < -0.4 is 5.73 Å². The Labute approximate surface area is 111 Å². The topological polar surface area (TPSA) is 62.7 Å². The van der Waals surface area contributed by atoms with Crippen molar-refractivity contribution in [3.63, 3.8) is 0 Å². The average Bonchev–Trinajstić information content (AvgIpc) is 2.78. The summed E-state index contributed by atoms with van der Waals surface area (Å²) in [7, 11) is 0. The zero-order valence-electron chi connectivity index (χ0n) is 8.72. The molecule has 0 spiro atoms. The Kier molecular flexibility index (Phi) is 3.57. The molecule has 2 aromatic rings. The molecule has 0 amide bonds. The van der Waals surface area contributed by atoms with E-state index in [1.54, 1.807) is 18.5 Å². The standard InChI is InChI=1S/C12H8BrN3S/c13-11-4-9(7-17-11)12(15)10(5-14)8-2-1-3-16-6-8/h1-4,6-7H,15H2/b12-10-. The molecule has 0 aliphatic rings. The van der Waals surface area contributed by atoms with Crippen molar-refractivity contribution >= 4 is 38.5 Å². The number of nitrogens with zero attached hydrogens (tertiary/aromatic N) is 2. The fourth-order valence-electron chi connectivity index (χ4n) is 1.39. The number of hydrogen-bond donors (Lipinski definition) is 1. The first kappa shape index (κ1) is 11.8. The smallest absolute Gasteiger partial charge is 0.102 e. The van der Waals surface area contributed by atoms with Crippen LogP contribution in [0.15, 0.2) is 39.8 Å². The van der Waals surface area contributed by atoms with Gasteiger partial charge in [0.25, 0.3) is 0 Å². The van der Waals surface area contributed by atoms with Crippen LogP contribution in [0.1, 0.15) is 11.1 Å². The highest BCUT2D eigenvalue weighted by Gasteiger charge is 2.09. The zero-order chi connectivity index (χ0) is 12.3. The number of thiophene rings is 1. The molecule has 2 heterocycles.